The third-order valence-corrected chi connectivity index (χ3v) is 13.2. The highest BCUT2D eigenvalue weighted by Gasteiger charge is 2.15. The molecule has 0 aliphatic carbocycles. The lowest BCUT2D eigenvalue weighted by molar-refractivity contribution is -0.906. The Kier molecular flexibility index (Phi) is 50.2. The third kappa shape index (κ3) is 55.8. The SMILES string of the molecule is CCCCCCCCCCCCCCCCCCCC[N+](C)(CC)CC.CCCCCCCCCCCCCCCCCCCC[N+](C)(CC)CC.O=S(=O)([O-])[O-]. The van der Waals surface area contributed by atoms with Crippen LogP contribution in [0, 0.1) is 0 Å². The first-order valence-corrected chi connectivity index (χ1v) is 27.0. The van der Waals surface area contributed by atoms with E-state index in [1.165, 1.54) is 279 Å². The Bertz CT molecular complexity index is 783. The maximum absolute atomic E-state index is 8.52. The maximum atomic E-state index is 8.52. The van der Waals surface area contributed by atoms with E-state index in [1.54, 1.807) is 0 Å². The Morgan fingerprint density at radius 1 is 0.281 bits per heavy atom. The summed E-state index contributed by atoms with van der Waals surface area (Å²) in [6.07, 6.45) is 52.8. The van der Waals surface area contributed by atoms with Crippen LogP contribution in [0.4, 0.5) is 0 Å². The van der Waals surface area contributed by atoms with Crippen LogP contribution < -0.4 is 0 Å². The predicted octanol–water partition coefficient (Wildman–Crippen LogP) is 15.7. The molecule has 0 aliphatic heterocycles. The minimum absolute atomic E-state index is 1.26. The Morgan fingerprint density at radius 3 is 0.526 bits per heavy atom. The number of nitrogens with zero attached hydrogens (tertiary/aromatic N) is 2. The summed E-state index contributed by atoms with van der Waals surface area (Å²) < 4.78 is 36.6. The van der Waals surface area contributed by atoms with Crippen LogP contribution in [0.3, 0.4) is 0 Å². The number of unbranched alkanes of at least 4 members (excludes halogenated alkanes) is 34. The molecule has 0 aromatic carbocycles. The van der Waals surface area contributed by atoms with Gasteiger partial charge < -0.3 is 18.1 Å². The molecular formula is C50H108N2O4S. The number of hydrogen-bond acceptors (Lipinski definition) is 4. The minimum Gasteiger partial charge on any atom is -0.759 e. The summed E-state index contributed by atoms with van der Waals surface area (Å²) in [7, 11) is -0.346. The van der Waals surface area contributed by atoms with Crippen molar-refractivity contribution in [2.45, 2.75) is 273 Å². The first kappa shape index (κ1) is 61.1. The highest BCUT2D eigenvalue weighted by atomic mass is 32.3. The van der Waals surface area contributed by atoms with Crippen molar-refractivity contribution in [3.63, 3.8) is 0 Å². The third-order valence-electron chi connectivity index (χ3n) is 13.2. The Balaban J connectivity index is -0.000000913. The van der Waals surface area contributed by atoms with Crippen LogP contribution in [-0.2, 0) is 10.4 Å². The zero-order valence-corrected chi connectivity index (χ0v) is 41.5. The van der Waals surface area contributed by atoms with E-state index >= 15 is 0 Å². The van der Waals surface area contributed by atoms with Gasteiger partial charge in [-0.2, -0.15) is 0 Å². The van der Waals surface area contributed by atoms with Crippen molar-refractivity contribution in [2.75, 3.05) is 53.4 Å². The van der Waals surface area contributed by atoms with E-state index in [0.717, 1.165) is 0 Å². The molecule has 0 bridgehead atoms. The van der Waals surface area contributed by atoms with Gasteiger partial charge in [0.1, 0.15) is 0 Å². The van der Waals surface area contributed by atoms with Gasteiger partial charge in [-0.25, -0.2) is 0 Å². The van der Waals surface area contributed by atoms with E-state index in [4.69, 9.17) is 17.5 Å². The lowest BCUT2D eigenvalue weighted by atomic mass is 10.0. The molecule has 348 valence electrons. The van der Waals surface area contributed by atoms with Crippen LogP contribution in [0.2, 0.25) is 0 Å². The smallest absolute Gasteiger partial charge is 0.0784 e. The fourth-order valence-electron chi connectivity index (χ4n) is 7.87. The van der Waals surface area contributed by atoms with Gasteiger partial charge in [0.15, 0.2) is 0 Å². The van der Waals surface area contributed by atoms with E-state index in [9.17, 15) is 0 Å². The van der Waals surface area contributed by atoms with Gasteiger partial charge >= 0.3 is 0 Å². The van der Waals surface area contributed by atoms with Crippen molar-refractivity contribution in [1.82, 2.24) is 0 Å². The van der Waals surface area contributed by atoms with E-state index in [0.29, 0.717) is 0 Å². The van der Waals surface area contributed by atoms with Crippen LogP contribution in [0.5, 0.6) is 0 Å². The topological polar surface area (TPSA) is 80.3 Å². The van der Waals surface area contributed by atoms with Crippen LogP contribution in [0.25, 0.3) is 0 Å². The number of quaternary nitrogens is 2. The summed E-state index contributed by atoms with van der Waals surface area (Å²) in [6.45, 7) is 21.8. The summed E-state index contributed by atoms with van der Waals surface area (Å²) in [5.74, 6) is 0. The van der Waals surface area contributed by atoms with Crippen LogP contribution >= 0.6 is 0 Å². The number of hydrogen-bond donors (Lipinski definition) is 0. The monoisotopic (exact) mass is 833 g/mol. The lowest BCUT2D eigenvalue weighted by Gasteiger charge is -2.32. The summed E-state index contributed by atoms with van der Waals surface area (Å²) in [4.78, 5) is 0. The fourth-order valence-corrected chi connectivity index (χ4v) is 7.87. The van der Waals surface area contributed by atoms with E-state index in [2.05, 4.69) is 55.6 Å². The van der Waals surface area contributed by atoms with Gasteiger partial charge in [0.25, 0.3) is 0 Å². The molecule has 0 saturated carbocycles. The zero-order valence-electron chi connectivity index (χ0n) is 40.6. The van der Waals surface area contributed by atoms with E-state index < -0.39 is 10.4 Å². The zero-order chi connectivity index (χ0) is 43.2. The molecule has 0 fully saturated rings. The molecule has 0 aliphatic rings. The van der Waals surface area contributed by atoms with Crippen molar-refractivity contribution in [3.05, 3.63) is 0 Å². The minimum atomic E-state index is -5.17. The van der Waals surface area contributed by atoms with Gasteiger partial charge in [-0.05, 0) is 53.4 Å². The molecular weight excluding hydrogens is 725 g/mol. The molecule has 0 aromatic heterocycles. The largest absolute Gasteiger partial charge is 0.759 e. The second kappa shape index (κ2) is 46.8. The average molecular weight is 833 g/mol. The second-order valence-electron chi connectivity index (χ2n) is 18.4. The average Bonchev–Trinajstić information content (AvgIpc) is 3.19. The summed E-state index contributed by atoms with van der Waals surface area (Å²) in [5.41, 5.74) is 0. The molecule has 57 heavy (non-hydrogen) atoms. The molecule has 0 atom stereocenters. The van der Waals surface area contributed by atoms with Crippen LogP contribution in [0.1, 0.15) is 273 Å². The van der Waals surface area contributed by atoms with Gasteiger partial charge in [-0.15, -0.1) is 0 Å². The van der Waals surface area contributed by atoms with Gasteiger partial charge in [0.05, 0.1) is 53.4 Å². The van der Waals surface area contributed by atoms with Crippen molar-refractivity contribution in [2.24, 2.45) is 0 Å². The first-order chi connectivity index (χ1) is 27.4. The first-order valence-electron chi connectivity index (χ1n) is 25.7. The van der Waals surface area contributed by atoms with Gasteiger partial charge in [-0.1, -0.05) is 219 Å². The molecule has 0 rings (SSSR count). The molecule has 0 unspecified atom stereocenters. The van der Waals surface area contributed by atoms with Gasteiger partial charge in [0, 0.05) is 10.4 Å². The Morgan fingerprint density at radius 2 is 0.404 bits per heavy atom. The molecule has 0 amide bonds. The van der Waals surface area contributed by atoms with Gasteiger partial charge in [0.2, 0.25) is 0 Å². The normalized spacial score (nSPS) is 12.0. The predicted molar refractivity (Wildman–Crippen MR) is 252 cm³/mol. The van der Waals surface area contributed by atoms with Crippen molar-refractivity contribution >= 4 is 10.4 Å². The Hall–Kier alpha value is -0.210. The van der Waals surface area contributed by atoms with E-state index in [1.807, 2.05) is 0 Å². The molecule has 0 spiro atoms. The van der Waals surface area contributed by atoms with Crippen molar-refractivity contribution < 1.29 is 26.5 Å². The summed E-state index contributed by atoms with van der Waals surface area (Å²) in [6, 6.07) is 0. The van der Waals surface area contributed by atoms with Crippen LogP contribution in [0.15, 0.2) is 0 Å². The molecule has 0 aromatic rings. The summed E-state index contributed by atoms with van der Waals surface area (Å²) >= 11 is 0. The standard InChI is InChI=1S/2C25H54N.H2O4S/c2*1-5-8-9-10-11-12-13-14-15-16-17-18-19-20-21-22-23-24-25-26(4,6-2)7-3;1-5(2,3)4/h2*5-25H2,1-4H3;(H2,1,2,3,4)/q2*+1;/p-2. The maximum Gasteiger partial charge on any atom is 0.0784 e. The van der Waals surface area contributed by atoms with Crippen molar-refractivity contribution in [3.8, 4) is 0 Å². The second-order valence-corrected chi connectivity index (χ2v) is 19.2. The van der Waals surface area contributed by atoms with Gasteiger partial charge in [-0.3, -0.25) is 8.42 Å². The highest BCUT2D eigenvalue weighted by molar-refractivity contribution is 7.79. The van der Waals surface area contributed by atoms with E-state index in [-0.39, 0.29) is 0 Å². The molecule has 6 nitrogen and oxygen atoms in total. The Labute approximate surface area is 361 Å². The number of rotatable bonds is 42. The van der Waals surface area contributed by atoms with Crippen molar-refractivity contribution in [1.29, 1.82) is 0 Å². The highest BCUT2D eigenvalue weighted by Crippen LogP contribution is 2.17. The quantitative estimate of drug-likeness (QED) is 0.0266. The molecule has 0 radical (unpaired) electrons. The lowest BCUT2D eigenvalue weighted by Crippen LogP contribution is -2.44. The molecule has 0 saturated heterocycles. The summed E-state index contributed by atoms with van der Waals surface area (Å²) in [5, 5.41) is 0. The fraction of sp³-hybridized carbons (Fsp3) is 1.00. The molecule has 0 heterocycles. The van der Waals surface area contributed by atoms with Crippen LogP contribution in [-0.4, -0.2) is 79.9 Å². The molecule has 7 heteroatoms. The molecule has 0 N–H and O–H groups in total.